The van der Waals surface area contributed by atoms with E-state index in [1.807, 2.05) is 24.3 Å². The fourth-order valence-electron chi connectivity index (χ4n) is 2.17. The van der Waals surface area contributed by atoms with Gasteiger partial charge in [-0.2, -0.15) is 0 Å². The third-order valence-corrected chi connectivity index (χ3v) is 3.16. The number of benzene rings is 2. The van der Waals surface area contributed by atoms with Crippen molar-refractivity contribution in [2.45, 2.75) is 13.1 Å². The monoisotopic (exact) mass is 267 g/mol. The van der Waals surface area contributed by atoms with E-state index in [0.29, 0.717) is 12.1 Å². The number of nitrogens with one attached hydrogen (secondary N) is 1. The van der Waals surface area contributed by atoms with Gasteiger partial charge < -0.3 is 5.32 Å². The lowest BCUT2D eigenvalue weighted by atomic mass is 10.1. The van der Waals surface area contributed by atoms with Gasteiger partial charge in [0.2, 0.25) is 0 Å². The van der Waals surface area contributed by atoms with Crippen LogP contribution in [0.3, 0.4) is 0 Å². The number of halogens is 1. The Morgan fingerprint density at radius 1 is 0.900 bits per heavy atom. The van der Waals surface area contributed by atoms with Crippen LogP contribution in [-0.2, 0) is 13.1 Å². The summed E-state index contributed by atoms with van der Waals surface area (Å²) in [4.78, 5) is 8.23. The van der Waals surface area contributed by atoms with Crippen LogP contribution in [0.5, 0.6) is 0 Å². The molecule has 3 nitrogen and oxygen atoms in total. The van der Waals surface area contributed by atoms with Crippen LogP contribution in [0.4, 0.5) is 4.39 Å². The topological polar surface area (TPSA) is 37.8 Å². The molecule has 3 rings (SSSR count). The lowest BCUT2D eigenvalue weighted by Crippen LogP contribution is -2.14. The number of aromatic nitrogens is 2. The molecule has 0 aliphatic carbocycles. The number of para-hydroxylation sites is 1. The normalized spacial score (nSPS) is 10.8. The summed E-state index contributed by atoms with van der Waals surface area (Å²) in [5.41, 5.74) is 2.39. The summed E-state index contributed by atoms with van der Waals surface area (Å²) in [5.74, 6) is -0.311. The summed E-state index contributed by atoms with van der Waals surface area (Å²) < 4.78 is 13.6. The minimum absolute atomic E-state index is 0.311. The van der Waals surface area contributed by atoms with Gasteiger partial charge in [0.05, 0.1) is 5.69 Å². The van der Waals surface area contributed by atoms with Crippen LogP contribution in [0.25, 0.3) is 10.9 Å². The summed E-state index contributed by atoms with van der Waals surface area (Å²) in [7, 11) is 0. The van der Waals surface area contributed by atoms with E-state index in [2.05, 4.69) is 27.4 Å². The molecule has 0 amide bonds. The molecular weight excluding hydrogens is 253 g/mol. The molecule has 0 atom stereocenters. The zero-order valence-electron chi connectivity index (χ0n) is 10.9. The summed E-state index contributed by atoms with van der Waals surface area (Å²) in [6, 6.07) is 15.1. The molecule has 0 unspecified atom stereocenters. The molecule has 0 radical (unpaired) electrons. The Hall–Kier alpha value is -2.33. The Morgan fingerprint density at radius 2 is 1.75 bits per heavy atom. The molecule has 3 aromatic rings. The first-order chi connectivity index (χ1) is 9.84. The van der Waals surface area contributed by atoms with Crippen LogP contribution in [0.15, 0.2) is 54.9 Å². The first kappa shape index (κ1) is 12.7. The lowest BCUT2D eigenvalue weighted by Gasteiger charge is -2.07. The van der Waals surface area contributed by atoms with Crippen LogP contribution in [0.2, 0.25) is 0 Å². The van der Waals surface area contributed by atoms with Gasteiger partial charge >= 0.3 is 0 Å². The van der Waals surface area contributed by atoms with E-state index in [9.17, 15) is 4.39 Å². The SMILES string of the molecule is Fc1cccc2c(CNCc3ccccc3)ncnc12. The first-order valence-electron chi connectivity index (χ1n) is 6.47. The highest BCUT2D eigenvalue weighted by atomic mass is 19.1. The molecule has 0 aliphatic rings. The van der Waals surface area contributed by atoms with E-state index in [0.717, 1.165) is 17.6 Å². The molecule has 0 spiro atoms. The Bertz CT molecular complexity index is 713. The van der Waals surface area contributed by atoms with Crippen molar-refractivity contribution in [2.24, 2.45) is 0 Å². The van der Waals surface area contributed by atoms with Crippen molar-refractivity contribution in [3.05, 3.63) is 71.9 Å². The van der Waals surface area contributed by atoms with Crippen molar-refractivity contribution in [3.8, 4) is 0 Å². The van der Waals surface area contributed by atoms with Crippen molar-refractivity contribution in [2.75, 3.05) is 0 Å². The second kappa shape index (κ2) is 5.75. The van der Waals surface area contributed by atoms with Crippen molar-refractivity contribution in [1.29, 1.82) is 0 Å². The van der Waals surface area contributed by atoms with E-state index in [4.69, 9.17) is 0 Å². The number of hydrogen-bond acceptors (Lipinski definition) is 3. The molecule has 1 heterocycles. The molecule has 20 heavy (non-hydrogen) atoms. The summed E-state index contributed by atoms with van der Waals surface area (Å²) in [6.45, 7) is 1.33. The zero-order valence-corrected chi connectivity index (χ0v) is 10.9. The molecule has 1 aromatic heterocycles. The van der Waals surface area contributed by atoms with Gasteiger partial charge in [0.15, 0.2) is 0 Å². The maximum absolute atomic E-state index is 13.6. The molecular formula is C16H14FN3. The van der Waals surface area contributed by atoms with Crippen LogP contribution >= 0.6 is 0 Å². The predicted molar refractivity (Wildman–Crippen MR) is 76.5 cm³/mol. The molecule has 0 fully saturated rings. The maximum Gasteiger partial charge on any atom is 0.149 e. The third-order valence-electron chi connectivity index (χ3n) is 3.16. The van der Waals surface area contributed by atoms with Crippen molar-refractivity contribution in [1.82, 2.24) is 15.3 Å². The average molecular weight is 267 g/mol. The Balaban J connectivity index is 1.76. The fourth-order valence-corrected chi connectivity index (χ4v) is 2.17. The van der Waals surface area contributed by atoms with E-state index in [-0.39, 0.29) is 5.82 Å². The molecule has 0 aliphatic heterocycles. The summed E-state index contributed by atoms with van der Waals surface area (Å²) >= 11 is 0. The molecule has 1 N–H and O–H groups in total. The highest BCUT2D eigenvalue weighted by molar-refractivity contribution is 5.81. The summed E-state index contributed by atoms with van der Waals surface area (Å²) in [5, 5.41) is 4.07. The lowest BCUT2D eigenvalue weighted by molar-refractivity contribution is 0.635. The minimum atomic E-state index is -0.311. The van der Waals surface area contributed by atoms with Crippen molar-refractivity contribution in [3.63, 3.8) is 0 Å². The van der Waals surface area contributed by atoms with Gasteiger partial charge in [0, 0.05) is 18.5 Å². The van der Waals surface area contributed by atoms with Gasteiger partial charge in [-0.05, 0) is 11.6 Å². The second-order valence-electron chi connectivity index (χ2n) is 4.55. The van der Waals surface area contributed by atoms with E-state index in [1.54, 1.807) is 6.07 Å². The average Bonchev–Trinajstić information content (AvgIpc) is 2.49. The third kappa shape index (κ3) is 2.65. The molecule has 0 bridgehead atoms. The maximum atomic E-state index is 13.6. The Kier molecular flexibility index (Phi) is 3.65. The van der Waals surface area contributed by atoms with Gasteiger partial charge in [0.1, 0.15) is 17.7 Å². The van der Waals surface area contributed by atoms with Crippen molar-refractivity contribution < 1.29 is 4.39 Å². The molecule has 2 aromatic carbocycles. The number of hydrogen-bond donors (Lipinski definition) is 1. The Labute approximate surface area is 116 Å². The molecule has 0 saturated carbocycles. The number of nitrogens with zero attached hydrogens (tertiary/aromatic N) is 2. The van der Waals surface area contributed by atoms with Gasteiger partial charge in [-0.15, -0.1) is 0 Å². The first-order valence-corrected chi connectivity index (χ1v) is 6.47. The van der Waals surface area contributed by atoms with Gasteiger partial charge in [-0.3, -0.25) is 0 Å². The number of fused-ring (bicyclic) bond motifs is 1. The predicted octanol–water partition coefficient (Wildman–Crippen LogP) is 3.06. The van der Waals surface area contributed by atoms with E-state index >= 15 is 0 Å². The van der Waals surface area contributed by atoms with E-state index < -0.39 is 0 Å². The highest BCUT2D eigenvalue weighted by Gasteiger charge is 2.06. The number of rotatable bonds is 4. The fraction of sp³-hybridized carbons (Fsp3) is 0.125. The summed E-state index contributed by atoms with van der Waals surface area (Å²) in [6.07, 6.45) is 1.41. The van der Waals surface area contributed by atoms with E-state index in [1.165, 1.54) is 18.0 Å². The molecule has 100 valence electrons. The molecule has 4 heteroatoms. The minimum Gasteiger partial charge on any atom is -0.307 e. The smallest absolute Gasteiger partial charge is 0.149 e. The van der Waals surface area contributed by atoms with Gasteiger partial charge in [0.25, 0.3) is 0 Å². The highest BCUT2D eigenvalue weighted by Crippen LogP contribution is 2.17. The van der Waals surface area contributed by atoms with Crippen molar-refractivity contribution >= 4 is 10.9 Å². The van der Waals surface area contributed by atoms with Crippen LogP contribution in [0.1, 0.15) is 11.3 Å². The standard InChI is InChI=1S/C16H14FN3/c17-14-8-4-7-13-15(19-11-20-16(13)14)10-18-9-12-5-2-1-3-6-12/h1-8,11,18H,9-10H2. The second-order valence-corrected chi connectivity index (χ2v) is 4.55. The quantitative estimate of drug-likeness (QED) is 0.789. The van der Waals surface area contributed by atoms with Crippen LogP contribution in [-0.4, -0.2) is 9.97 Å². The van der Waals surface area contributed by atoms with Crippen LogP contribution in [0, 0.1) is 5.82 Å². The van der Waals surface area contributed by atoms with Gasteiger partial charge in [-0.1, -0.05) is 42.5 Å². The largest absolute Gasteiger partial charge is 0.307 e. The van der Waals surface area contributed by atoms with Gasteiger partial charge in [-0.25, -0.2) is 14.4 Å². The zero-order chi connectivity index (χ0) is 13.8. The Morgan fingerprint density at radius 3 is 2.60 bits per heavy atom. The molecule has 0 saturated heterocycles. The van der Waals surface area contributed by atoms with Crippen LogP contribution < -0.4 is 5.32 Å².